The maximum absolute atomic E-state index is 13.2. The van der Waals surface area contributed by atoms with E-state index >= 15 is 0 Å². The standard InChI is InChI=1S/C13H9F2NO4/c14-8-3-6-7(4-9(8)15)12(18)16(11(6)17)10(13(19)20)5-1-2-5/h3-5,10H,1-2H2,(H,19,20). The van der Waals surface area contributed by atoms with Gasteiger partial charge < -0.3 is 5.11 Å². The third kappa shape index (κ3) is 1.70. The van der Waals surface area contributed by atoms with E-state index in [1.54, 1.807) is 0 Å². The first-order valence-electron chi connectivity index (χ1n) is 6.01. The van der Waals surface area contributed by atoms with Gasteiger partial charge in [-0.3, -0.25) is 14.5 Å². The molecule has 5 nitrogen and oxygen atoms in total. The Morgan fingerprint density at radius 3 is 1.95 bits per heavy atom. The summed E-state index contributed by atoms with van der Waals surface area (Å²) in [5.74, 6) is -5.84. The summed E-state index contributed by atoms with van der Waals surface area (Å²) in [6.45, 7) is 0. The average molecular weight is 281 g/mol. The van der Waals surface area contributed by atoms with E-state index in [4.69, 9.17) is 0 Å². The van der Waals surface area contributed by atoms with Crippen LogP contribution in [0.15, 0.2) is 12.1 Å². The van der Waals surface area contributed by atoms with Gasteiger partial charge in [0.25, 0.3) is 11.8 Å². The molecule has 1 aromatic rings. The fourth-order valence-corrected chi connectivity index (χ4v) is 2.44. The molecule has 1 aromatic carbocycles. The lowest BCUT2D eigenvalue weighted by molar-refractivity contribution is -0.142. The first-order chi connectivity index (χ1) is 9.41. The number of hydrogen-bond acceptors (Lipinski definition) is 3. The summed E-state index contributed by atoms with van der Waals surface area (Å²) in [6.07, 6.45) is 1.21. The molecule has 0 spiro atoms. The summed E-state index contributed by atoms with van der Waals surface area (Å²) in [7, 11) is 0. The summed E-state index contributed by atoms with van der Waals surface area (Å²) in [4.78, 5) is 36.1. The Morgan fingerprint density at radius 1 is 1.15 bits per heavy atom. The van der Waals surface area contributed by atoms with Gasteiger partial charge in [0.15, 0.2) is 11.6 Å². The largest absolute Gasteiger partial charge is 0.480 e. The Balaban J connectivity index is 2.06. The van der Waals surface area contributed by atoms with E-state index in [0.29, 0.717) is 29.9 Å². The van der Waals surface area contributed by atoms with Crippen LogP contribution in [0.1, 0.15) is 33.6 Å². The monoisotopic (exact) mass is 281 g/mol. The summed E-state index contributed by atoms with van der Waals surface area (Å²) in [5, 5.41) is 9.17. The molecule has 1 saturated carbocycles. The molecule has 2 amide bonds. The number of carbonyl (C=O) groups is 3. The van der Waals surface area contributed by atoms with Crippen LogP contribution in [0.4, 0.5) is 8.78 Å². The lowest BCUT2D eigenvalue weighted by Crippen LogP contribution is -2.46. The highest BCUT2D eigenvalue weighted by molar-refractivity contribution is 6.22. The highest BCUT2D eigenvalue weighted by Crippen LogP contribution is 2.39. The molecule has 20 heavy (non-hydrogen) atoms. The molecule has 104 valence electrons. The highest BCUT2D eigenvalue weighted by atomic mass is 19.2. The van der Waals surface area contributed by atoms with Crippen molar-refractivity contribution in [2.45, 2.75) is 18.9 Å². The van der Waals surface area contributed by atoms with Gasteiger partial charge in [-0.25, -0.2) is 13.6 Å². The fourth-order valence-electron chi connectivity index (χ4n) is 2.44. The van der Waals surface area contributed by atoms with Crippen LogP contribution in [-0.4, -0.2) is 33.8 Å². The Bertz CT molecular complexity index is 613. The zero-order valence-corrected chi connectivity index (χ0v) is 10.1. The van der Waals surface area contributed by atoms with E-state index in [1.807, 2.05) is 0 Å². The van der Waals surface area contributed by atoms with E-state index in [2.05, 4.69) is 0 Å². The fraction of sp³-hybridized carbons (Fsp3) is 0.308. The Labute approximate surface area is 111 Å². The van der Waals surface area contributed by atoms with E-state index in [-0.39, 0.29) is 17.0 Å². The molecule has 0 radical (unpaired) electrons. The first kappa shape index (κ1) is 12.7. The molecule has 1 N–H and O–H groups in total. The van der Waals surface area contributed by atoms with Crippen molar-refractivity contribution >= 4 is 17.8 Å². The Morgan fingerprint density at radius 2 is 1.60 bits per heavy atom. The SMILES string of the molecule is O=C(O)C(C1CC1)N1C(=O)c2cc(F)c(F)cc2C1=O. The Hall–Kier alpha value is -2.31. The molecule has 1 fully saturated rings. The predicted molar refractivity (Wildman–Crippen MR) is 61.0 cm³/mol. The third-order valence-corrected chi connectivity index (χ3v) is 3.56. The topological polar surface area (TPSA) is 74.7 Å². The second kappa shape index (κ2) is 4.09. The predicted octanol–water partition coefficient (Wildman–Crippen LogP) is 1.42. The molecule has 0 bridgehead atoms. The number of fused-ring (bicyclic) bond motifs is 1. The number of carboxylic acid groups (broad SMARTS) is 1. The quantitative estimate of drug-likeness (QED) is 0.850. The van der Waals surface area contributed by atoms with Gasteiger partial charge >= 0.3 is 5.97 Å². The average Bonchev–Trinajstić information content (AvgIpc) is 3.17. The van der Waals surface area contributed by atoms with Crippen molar-refractivity contribution in [3.05, 3.63) is 34.9 Å². The van der Waals surface area contributed by atoms with E-state index in [1.165, 1.54) is 0 Å². The first-order valence-corrected chi connectivity index (χ1v) is 6.01. The Kier molecular flexibility index (Phi) is 2.60. The van der Waals surface area contributed by atoms with Gasteiger partial charge in [-0.05, 0) is 30.9 Å². The maximum atomic E-state index is 13.2. The highest BCUT2D eigenvalue weighted by Gasteiger charge is 2.49. The zero-order chi connectivity index (χ0) is 14.6. The van der Waals surface area contributed by atoms with Crippen molar-refractivity contribution in [2.75, 3.05) is 0 Å². The van der Waals surface area contributed by atoms with E-state index < -0.39 is 35.5 Å². The van der Waals surface area contributed by atoms with E-state index in [9.17, 15) is 28.3 Å². The summed E-state index contributed by atoms with van der Waals surface area (Å²) >= 11 is 0. The van der Waals surface area contributed by atoms with Crippen molar-refractivity contribution < 1.29 is 28.3 Å². The second-order valence-electron chi connectivity index (χ2n) is 4.91. The molecule has 1 aliphatic heterocycles. The normalized spacial score (nSPS) is 19.2. The molecule has 1 unspecified atom stereocenters. The number of imide groups is 1. The smallest absolute Gasteiger partial charge is 0.327 e. The zero-order valence-electron chi connectivity index (χ0n) is 10.1. The molecule has 1 atom stereocenters. The van der Waals surface area contributed by atoms with E-state index in [0.717, 1.165) is 0 Å². The molecule has 3 rings (SSSR count). The summed E-state index contributed by atoms with van der Waals surface area (Å²) in [5.41, 5.74) is -0.582. The van der Waals surface area contributed by atoms with Crippen LogP contribution in [0.2, 0.25) is 0 Å². The van der Waals surface area contributed by atoms with Gasteiger partial charge in [-0.2, -0.15) is 0 Å². The van der Waals surface area contributed by atoms with Crippen molar-refractivity contribution in [1.29, 1.82) is 0 Å². The number of benzene rings is 1. The van der Waals surface area contributed by atoms with Gasteiger partial charge in [0.05, 0.1) is 11.1 Å². The minimum atomic E-state index is -1.29. The number of nitrogens with zero attached hydrogens (tertiary/aromatic N) is 1. The van der Waals surface area contributed by atoms with Crippen LogP contribution in [-0.2, 0) is 4.79 Å². The lowest BCUT2D eigenvalue weighted by Gasteiger charge is -2.21. The summed E-state index contributed by atoms with van der Waals surface area (Å²) < 4.78 is 26.3. The number of halogens is 2. The van der Waals surface area contributed by atoms with Crippen LogP contribution in [0.5, 0.6) is 0 Å². The van der Waals surface area contributed by atoms with Crippen molar-refractivity contribution in [1.82, 2.24) is 4.90 Å². The number of carbonyl (C=O) groups excluding carboxylic acids is 2. The van der Waals surface area contributed by atoms with Crippen LogP contribution >= 0.6 is 0 Å². The van der Waals surface area contributed by atoms with Crippen LogP contribution in [0, 0.1) is 17.6 Å². The van der Waals surface area contributed by atoms with Gasteiger partial charge in [0.1, 0.15) is 6.04 Å². The molecule has 0 aromatic heterocycles. The summed E-state index contributed by atoms with van der Waals surface area (Å²) in [6, 6.07) is 0.00136. The number of carboxylic acids is 1. The van der Waals surface area contributed by atoms with Crippen molar-refractivity contribution in [2.24, 2.45) is 5.92 Å². The molecule has 7 heteroatoms. The number of aliphatic carboxylic acids is 1. The van der Waals surface area contributed by atoms with Crippen molar-refractivity contribution in [3.63, 3.8) is 0 Å². The third-order valence-electron chi connectivity index (χ3n) is 3.56. The minimum Gasteiger partial charge on any atom is -0.480 e. The minimum absolute atomic E-state index is 0.288. The molecular weight excluding hydrogens is 272 g/mol. The number of hydrogen-bond donors (Lipinski definition) is 1. The second-order valence-corrected chi connectivity index (χ2v) is 4.91. The number of rotatable bonds is 3. The lowest BCUT2D eigenvalue weighted by atomic mass is 10.1. The van der Waals surface area contributed by atoms with Gasteiger partial charge in [-0.1, -0.05) is 0 Å². The van der Waals surface area contributed by atoms with Crippen LogP contribution in [0.25, 0.3) is 0 Å². The van der Waals surface area contributed by atoms with Crippen LogP contribution in [0.3, 0.4) is 0 Å². The number of amides is 2. The van der Waals surface area contributed by atoms with Gasteiger partial charge in [0, 0.05) is 0 Å². The molecule has 1 aliphatic carbocycles. The maximum Gasteiger partial charge on any atom is 0.327 e. The van der Waals surface area contributed by atoms with Crippen molar-refractivity contribution in [3.8, 4) is 0 Å². The molecule has 0 saturated heterocycles. The van der Waals surface area contributed by atoms with Crippen LogP contribution < -0.4 is 0 Å². The molecule has 2 aliphatic rings. The van der Waals surface area contributed by atoms with Gasteiger partial charge in [0.2, 0.25) is 0 Å². The molecular formula is C13H9F2NO4. The van der Waals surface area contributed by atoms with Gasteiger partial charge in [-0.15, -0.1) is 0 Å². The molecule has 1 heterocycles.